The van der Waals surface area contributed by atoms with Crippen molar-refractivity contribution >= 4 is 0 Å². The first-order chi connectivity index (χ1) is 9.52. The zero-order valence-electron chi connectivity index (χ0n) is 11.8. The summed E-state index contributed by atoms with van der Waals surface area (Å²) in [5, 5.41) is 0. The maximum Gasteiger partial charge on any atom is 0.331 e. The van der Waals surface area contributed by atoms with Crippen molar-refractivity contribution in [3.05, 3.63) is 68.0 Å². The summed E-state index contributed by atoms with van der Waals surface area (Å²) in [4.78, 5) is 23.8. The second-order valence-corrected chi connectivity index (χ2v) is 4.92. The van der Waals surface area contributed by atoms with Crippen molar-refractivity contribution in [1.29, 1.82) is 0 Å². The SMILES string of the molecule is Cc1ccc(Cn2ccc(=O)n(CCN)c2=O)cc1C. The molecule has 0 aliphatic heterocycles. The van der Waals surface area contributed by atoms with Crippen LogP contribution < -0.4 is 17.0 Å². The lowest BCUT2D eigenvalue weighted by Gasteiger charge is -2.10. The van der Waals surface area contributed by atoms with Crippen LogP contribution in [0.5, 0.6) is 0 Å². The van der Waals surface area contributed by atoms with E-state index >= 15 is 0 Å². The molecule has 0 amide bonds. The van der Waals surface area contributed by atoms with Crippen molar-refractivity contribution in [1.82, 2.24) is 9.13 Å². The van der Waals surface area contributed by atoms with Gasteiger partial charge in [0.1, 0.15) is 0 Å². The standard InChI is InChI=1S/C15H19N3O2/c1-11-3-4-13(9-12(11)2)10-17-7-5-14(19)18(8-6-16)15(17)20/h3-5,7,9H,6,8,10,16H2,1-2H3. The van der Waals surface area contributed by atoms with Gasteiger partial charge in [0.2, 0.25) is 0 Å². The minimum atomic E-state index is -0.318. The summed E-state index contributed by atoms with van der Waals surface area (Å²) in [6.45, 7) is 5.04. The van der Waals surface area contributed by atoms with Crippen LogP contribution in [0.1, 0.15) is 16.7 Å². The quantitative estimate of drug-likeness (QED) is 0.888. The van der Waals surface area contributed by atoms with Crippen LogP contribution in [0.15, 0.2) is 40.1 Å². The lowest BCUT2D eigenvalue weighted by molar-refractivity contribution is 0.579. The van der Waals surface area contributed by atoms with E-state index < -0.39 is 0 Å². The molecular formula is C15H19N3O2. The zero-order valence-corrected chi connectivity index (χ0v) is 11.8. The Bertz CT molecular complexity index is 729. The fourth-order valence-corrected chi connectivity index (χ4v) is 2.11. The minimum Gasteiger partial charge on any atom is -0.329 e. The molecule has 0 saturated carbocycles. The largest absolute Gasteiger partial charge is 0.331 e. The van der Waals surface area contributed by atoms with Gasteiger partial charge in [0.25, 0.3) is 5.56 Å². The summed E-state index contributed by atoms with van der Waals surface area (Å²) >= 11 is 0. The first-order valence-electron chi connectivity index (χ1n) is 6.59. The molecule has 0 bridgehead atoms. The maximum absolute atomic E-state index is 12.2. The summed E-state index contributed by atoms with van der Waals surface area (Å²) in [5.41, 5.74) is 8.24. The van der Waals surface area contributed by atoms with Crippen molar-refractivity contribution in [2.45, 2.75) is 26.9 Å². The Morgan fingerprint density at radius 3 is 2.50 bits per heavy atom. The number of aromatic nitrogens is 2. The second-order valence-electron chi connectivity index (χ2n) is 4.92. The molecule has 106 valence electrons. The third-order valence-electron chi connectivity index (χ3n) is 3.42. The van der Waals surface area contributed by atoms with E-state index in [-0.39, 0.29) is 24.3 Å². The van der Waals surface area contributed by atoms with Crippen molar-refractivity contribution < 1.29 is 0 Å². The first kappa shape index (κ1) is 14.3. The van der Waals surface area contributed by atoms with Gasteiger partial charge in [0.05, 0.1) is 6.54 Å². The number of nitrogens with two attached hydrogens (primary N) is 1. The molecule has 1 aromatic carbocycles. The minimum absolute atomic E-state index is 0.242. The van der Waals surface area contributed by atoms with Gasteiger partial charge >= 0.3 is 5.69 Å². The van der Waals surface area contributed by atoms with E-state index in [4.69, 9.17) is 5.73 Å². The van der Waals surface area contributed by atoms with Crippen molar-refractivity contribution in [2.75, 3.05) is 6.54 Å². The summed E-state index contributed by atoms with van der Waals surface area (Å²) < 4.78 is 2.70. The van der Waals surface area contributed by atoms with Gasteiger partial charge in [-0.15, -0.1) is 0 Å². The molecule has 0 aliphatic rings. The van der Waals surface area contributed by atoms with Gasteiger partial charge in [0.15, 0.2) is 0 Å². The zero-order chi connectivity index (χ0) is 14.7. The molecule has 1 aromatic heterocycles. The van der Waals surface area contributed by atoms with E-state index in [1.807, 2.05) is 26.0 Å². The van der Waals surface area contributed by atoms with E-state index in [0.29, 0.717) is 6.54 Å². The van der Waals surface area contributed by atoms with Gasteiger partial charge in [0, 0.05) is 25.4 Å². The fraction of sp³-hybridized carbons (Fsp3) is 0.333. The van der Waals surface area contributed by atoms with Crippen molar-refractivity contribution in [3.63, 3.8) is 0 Å². The van der Waals surface area contributed by atoms with Crippen molar-refractivity contribution in [2.24, 2.45) is 5.73 Å². The molecule has 0 aliphatic carbocycles. The van der Waals surface area contributed by atoms with Crippen LogP contribution in [0.2, 0.25) is 0 Å². The molecule has 5 heteroatoms. The predicted octanol–water partition coefficient (Wildman–Crippen LogP) is 0.634. The second kappa shape index (κ2) is 5.88. The molecule has 1 heterocycles. The molecule has 5 nitrogen and oxygen atoms in total. The molecule has 2 N–H and O–H groups in total. The third kappa shape index (κ3) is 2.88. The Labute approximate surface area is 117 Å². The summed E-state index contributed by atoms with van der Waals surface area (Å²) in [6, 6.07) is 7.48. The number of aryl methyl sites for hydroxylation is 2. The highest BCUT2D eigenvalue weighted by atomic mass is 16.2. The van der Waals surface area contributed by atoms with Gasteiger partial charge in [-0.3, -0.25) is 13.9 Å². The average molecular weight is 273 g/mol. The fourth-order valence-electron chi connectivity index (χ4n) is 2.11. The lowest BCUT2D eigenvalue weighted by Crippen LogP contribution is -2.40. The van der Waals surface area contributed by atoms with Gasteiger partial charge < -0.3 is 5.73 Å². The van der Waals surface area contributed by atoms with E-state index in [0.717, 1.165) is 5.56 Å². The molecule has 0 spiro atoms. The van der Waals surface area contributed by atoms with Crippen LogP contribution >= 0.6 is 0 Å². The van der Waals surface area contributed by atoms with Crippen LogP contribution in [-0.4, -0.2) is 15.7 Å². The normalized spacial score (nSPS) is 10.8. The van der Waals surface area contributed by atoms with Gasteiger partial charge in [-0.2, -0.15) is 0 Å². The van der Waals surface area contributed by atoms with E-state index in [1.54, 1.807) is 0 Å². The number of nitrogens with zero attached hydrogens (tertiary/aromatic N) is 2. The third-order valence-corrected chi connectivity index (χ3v) is 3.42. The highest BCUT2D eigenvalue weighted by molar-refractivity contribution is 5.30. The first-order valence-corrected chi connectivity index (χ1v) is 6.59. The Balaban J connectivity index is 2.39. The average Bonchev–Trinajstić information content (AvgIpc) is 2.42. The summed E-state index contributed by atoms with van der Waals surface area (Å²) in [5.74, 6) is 0. The summed E-state index contributed by atoms with van der Waals surface area (Å²) in [7, 11) is 0. The number of rotatable bonds is 4. The molecule has 2 aromatic rings. The molecule has 2 rings (SSSR count). The lowest BCUT2D eigenvalue weighted by atomic mass is 10.1. The van der Waals surface area contributed by atoms with E-state index in [1.165, 1.54) is 32.5 Å². The summed E-state index contributed by atoms with van der Waals surface area (Å²) in [6.07, 6.45) is 1.53. The van der Waals surface area contributed by atoms with Crippen LogP contribution in [0, 0.1) is 13.8 Å². The molecule has 0 atom stereocenters. The Morgan fingerprint density at radius 2 is 1.85 bits per heavy atom. The van der Waals surface area contributed by atoms with Crippen LogP contribution in [0.4, 0.5) is 0 Å². The topological polar surface area (TPSA) is 70.0 Å². The molecule has 0 unspecified atom stereocenters. The van der Waals surface area contributed by atoms with E-state index in [9.17, 15) is 9.59 Å². The van der Waals surface area contributed by atoms with Gasteiger partial charge in [-0.1, -0.05) is 18.2 Å². The number of hydrogen-bond donors (Lipinski definition) is 1. The van der Waals surface area contributed by atoms with E-state index in [2.05, 4.69) is 6.07 Å². The molecular weight excluding hydrogens is 254 g/mol. The van der Waals surface area contributed by atoms with Crippen LogP contribution in [0.3, 0.4) is 0 Å². The Morgan fingerprint density at radius 1 is 1.10 bits per heavy atom. The Hall–Kier alpha value is -2.14. The maximum atomic E-state index is 12.2. The molecule has 20 heavy (non-hydrogen) atoms. The van der Waals surface area contributed by atoms with Crippen molar-refractivity contribution in [3.8, 4) is 0 Å². The van der Waals surface area contributed by atoms with Gasteiger partial charge in [-0.05, 0) is 30.5 Å². The van der Waals surface area contributed by atoms with Crippen LogP contribution in [-0.2, 0) is 13.1 Å². The predicted molar refractivity (Wildman–Crippen MR) is 79.0 cm³/mol. The van der Waals surface area contributed by atoms with Gasteiger partial charge in [-0.25, -0.2) is 4.79 Å². The monoisotopic (exact) mass is 273 g/mol. The number of hydrogen-bond acceptors (Lipinski definition) is 3. The molecule has 0 fully saturated rings. The number of benzene rings is 1. The molecule has 0 radical (unpaired) electrons. The highest BCUT2D eigenvalue weighted by Crippen LogP contribution is 2.10. The highest BCUT2D eigenvalue weighted by Gasteiger charge is 2.05. The van der Waals surface area contributed by atoms with Crippen LogP contribution in [0.25, 0.3) is 0 Å². The Kier molecular flexibility index (Phi) is 4.20. The molecule has 0 saturated heterocycles. The smallest absolute Gasteiger partial charge is 0.329 e.